The van der Waals surface area contributed by atoms with E-state index >= 15 is 0 Å². The third kappa shape index (κ3) is 3.74. The molecule has 90 valence electrons. The lowest BCUT2D eigenvalue weighted by molar-refractivity contribution is 0.240. The summed E-state index contributed by atoms with van der Waals surface area (Å²) in [5, 5.41) is 0. The largest absolute Gasteiger partial charge is 0.0651 e. The fourth-order valence-corrected chi connectivity index (χ4v) is 5.79. The molecule has 0 bridgehead atoms. The number of hydrogen-bond donors (Lipinski definition) is 0. The minimum absolute atomic E-state index is 0.588. The number of rotatable bonds is 4. The van der Waals surface area contributed by atoms with Gasteiger partial charge < -0.3 is 0 Å². The summed E-state index contributed by atoms with van der Waals surface area (Å²) in [5.41, 5.74) is 0. The molecule has 1 aliphatic carbocycles. The summed E-state index contributed by atoms with van der Waals surface area (Å²) >= 11 is 0. The second-order valence-electron chi connectivity index (χ2n) is 6.75. The highest BCUT2D eigenvalue weighted by Crippen LogP contribution is 2.53. The fraction of sp³-hybridized carbons (Fsp3) is 1.00. The van der Waals surface area contributed by atoms with Crippen LogP contribution in [0.2, 0.25) is 0 Å². The third-order valence-electron chi connectivity index (χ3n) is 4.21. The summed E-state index contributed by atoms with van der Waals surface area (Å²) < 4.78 is 0. The SMILES string of the molecule is CCC1CCC(C)C1[C@@H](C)C[P+](C)(C)C. The van der Waals surface area contributed by atoms with E-state index < -0.39 is 7.26 Å². The summed E-state index contributed by atoms with van der Waals surface area (Å²) in [4.78, 5) is 0. The summed E-state index contributed by atoms with van der Waals surface area (Å²) in [6, 6.07) is 0. The lowest BCUT2D eigenvalue weighted by Crippen LogP contribution is -2.24. The average molecular weight is 229 g/mol. The Hall–Kier alpha value is 0.430. The maximum atomic E-state index is 2.51. The Kier molecular flexibility index (Phi) is 4.65. The second kappa shape index (κ2) is 5.17. The first-order chi connectivity index (χ1) is 6.85. The molecule has 0 amide bonds. The molecule has 3 unspecified atom stereocenters. The summed E-state index contributed by atoms with van der Waals surface area (Å²) in [5.74, 6) is 3.99. The van der Waals surface area contributed by atoms with Crippen molar-refractivity contribution in [2.75, 3.05) is 26.2 Å². The molecular weight excluding hydrogens is 199 g/mol. The molecule has 0 nitrogen and oxygen atoms in total. The van der Waals surface area contributed by atoms with Gasteiger partial charge in [0, 0.05) is 27.3 Å². The first-order valence-corrected chi connectivity index (χ1v) is 9.97. The Balaban J connectivity index is 2.60. The van der Waals surface area contributed by atoms with Crippen molar-refractivity contribution in [3.63, 3.8) is 0 Å². The van der Waals surface area contributed by atoms with Crippen LogP contribution in [0.1, 0.15) is 40.0 Å². The Morgan fingerprint density at radius 1 is 1.20 bits per heavy atom. The molecular formula is C14H30P+. The van der Waals surface area contributed by atoms with Crippen molar-refractivity contribution in [1.29, 1.82) is 0 Å². The van der Waals surface area contributed by atoms with Crippen LogP contribution < -0.4 is 0 Å². The summed E-state index contributed by atoms with van der Waals surface area (Å²) in [6.07, 6.45) is 5.88. The normalized spacial score (nSPS) is 34.4. The molecule has 1 fully saturated rings. The van der Waals surface area contributed by atoms with Crippen LogP contribution in [0.3, 0.4) is 0 Å². The molecule has 1 aliphatic rings. The zero-order chi connectivity index (χ0) is 11.6. The molecule has 0 aromatic rings. The molecule has 1 saturated carbocycles. The van der Waals surface area contributed by atoms with E-state index in [0.29, 0.717) is 0 Å². The topological polar surface area (TPSA) is 0 Å². The van der Waals surface area contributed by atoms with Crippen molar-refractivity contribution in [3.05, 3.63) is 0 Å². The van der Waals surface area contributed by atoms with Crippen molar-refractivity contribution in [2.24, 2.45) is 23.7 Å². The minimum Gasteiger partial charge on any atom is -0.0651 e. The molecule has 15 heavy (non-hydrogen) atoms. The van der Waals surface area contributed by atoms with Crippen LogP contribution in [0, 0.1) is 23.7 Å². The first kappa shape index (κ1) is 13.5. The zero-order valence-electron chi connectivity index (χ0n) is 11.6. The first-order valence-electron chi connectivity index (χ1n) is 6.65. The van der Waals surface area contributed by atoms with E-state index in [9.17, 15) is 0 Å². The van der Waals surface area contributed by atoms with E-state index in [2.05, 4.69) is 40.8 Å². The monoisotopic (exact) mass is 229 g/mol. The molecule has 0 aromatic carbocycles. The van der Waals surface area contributed by atoms with Crippen LogP contribution >= 0.6 is 7.26 Å². The molecule has 1 heteroatoms. The lowest BCUT2D eigenvalue weighted by atomic mass is 9.80. The molecule has 0 spiro atoms. The molecule has 1 rings (SSSR count). The summed E-state index contributed by atoms with van der Waals surface area (Å²) in [6.45, 7) is 14.9. The standard InChI is InChI=1S/C14H30P/c1-7-13-9-8-11(2)14(13)12(3)10-15(4,5)6/h11-14H,7-10H2,1-6H3/q+1/t11?,12-,13?,14?/m0/s1. The van der Waals surface area contributed by atoms with E-state index in [0.717, 1.165) is 23.7 Å². The quantitative estimate of drug-likeness (QED) is 0.618. The Morgan fingerprint density at radius 3 is 2.27 bits per heavy atom. The van der Waals surface area contributed by atoms with Gasteiger partial charge in [0.2, 0.25) is 0 Å². The predicted octanol–water partition coefficient (Wildman–Crippen LogP) is 4.60. The van der Waals surface area contributed by atoms with Crippen LogP contribution in [-0.2, 0) is 0 Å². The lowest BCUT2D eigenvalue weighted by Gasteiger charge is -2.30. The summed E-state index contributed by atoms with van der Waals surface area (Å²) in [7, 11) is -0.588. The molecule has 0 N–H and O–H groups in total. The van der Waals surface area contributed by atoms with Crippen LogP contribution in [0.25, 0.3) is 0 Å². The van der Waals surface area contributed by atoms with Gasteiger partial charge in [0.05, 0.1) is 6.16 Å². The zero-order valence-corrected chi connectivity index (χ0v) is 12.5. The van der Waals surface area contributed by atoms with E-state index in [1.807, 2.05) is 0 Å². The van der Waals surface area contributed by atoms with Crippen molar-refractivity contribution >= 4 is 7.26 Å². The predicted molar refractivity (Wildman–Crippen MR) is 74.4 cm³/mol. The maximum absolute atomic E-state index is 2.51. The smallest absolute Gasteiger partial charge is 0.0614 e. The second-order valence-corrected chi connectivity index (χ2v) is 11.7. The van der Waals surface area contributed by atoms with Crippen molar-refractivity contribution in [3.8, 4) is 0 Å². The third-order valence-corrected chi connectivity index (χ3v) is 5.88. The van der Waals surface area contributed by atoms with Gasteiger partial charge in [-0.1, -0.05) is 33.6 Å². The highest BCUT2D eigenvalue weighted by molar-refractivity contribution is 7.73. The van der Waals surface area contributed by atoms with Gasteiger partial charge in [0.25, 0.3) is 0 Å². The highest BCUT2D eigenvalue weighted by Gasteiger charge is 2.38. The van der Waals surface area contributed by atoms with Crippen LogP contribution in [0.5, 0.6) is 0 Å². The Bertz CT molecular complexity index is 192. The average Bonchev–Trinajstić information content (AvgIpc) is 2.43. The van der Waals surface area contributed by atoms with Gasteiger partial charge in [-0.05, 0) is 30.1 Å². The fourth-order valence-electron chi connectivity index (χ4n) is 3.81. The Morgan fingerprint density at radius 2 is 1.80 bits per heavy atom. The molecule has 4 atom stereocenters. The van der Waals surface area contributed by atoms with Gasteiger partial charge in [0.1, 0.15) is 0 Å². The Labute approximate surface area is 97.6 Å². The highest BCUT2D eigenvalue weighted by atomic mass is 31.2. The van der Waals surface area contributed by atoms with Crippen LogP contribution in [-0.4, -0.2) is 26.2 Å². The van der Waals surface area contributed by atoms with Gasteiger partial charge in [0.15, 0.2) is 0 Å². The van der Waals surface area contributed by atoms with Gasteiger partial charge in [-0.3, -0.25) is 0 Å². The van der Waals surface area contributed by atoms with Crippen LogP contribution in [0.15, 0.2) is 0 Å². The van der Waals surface area contributed by atoms with Gasteiger partial charge in [-0.15, -0.1) is 0 Å². The number of hydrogen-bond acceptors (Lipinski definition) is 0. The maximum Gasteiger partial charge on any atom is 0.0614 e. The van der Waals surface area contributed by atoms with E-state index in [4.69, 9.17) is 0 Å². The van der Waals surface area contributed by atoms with Crippen molar-refractivity contribution < 1.29 is 0 Å². The van der Waals surface area contributed by atoms with E-state index in [1.165, 1.54) is 25.4 Å². The molecule has 0 radical (unpaired) electrons. The van der Waals surface area contributed by atoms with Crippen LogP contribution in [0.4, 0.5) is 0 Å². The van der Waals surface area contributed by atoms with Crippen molar-refractivity contribution in [1.82, 2.24) is 0 Å². The van der Waals surface area contributed by atoms with E-state index in [1.54, 1.807) is 0 Å². The van der Waals surface area contributed by atoms with Gasteiger partial charge in [-0.2, -0.15) is 0 Å². The molecule has 0 aliphatic heterocycles. The van der Waals surface area contributed by atoms with Gasteiger partial charge >= 0.3 is 0 Å². The minimum atomic E-state index is -0.588. The molecule has 0 aromatic heterocycles. The van der Waals surface area contributed by atoms with Gasteiger partial charge in [-0.25, -0.2) is 0 Å². The van der Waals surface area contributed by atoms with Crippen molar-refractivity contribution in [2.45, 2.75) is 40.0 Å². The molecule has 0 saturated heterocycles. The molecule has 0 heterocycles. The van der Waals surface area contributed by atoms with E-state index in [-0.39, 0.29) is 0 Å².